The fourth-order valence-electron chi connectivity index (χ4n) is 4.19. The molecule has 31 heavy (non-hydrogen) atoms. The van der Waals surface area contributed by atoms with Gasteiger partial charge in [-0.25, -0.2) is 9.78 Å². The number of carboxylic acid groups (broad SMARTS) is 1. The Labute approximate surface area is 180 Å². The van der Waals surface area contributed by atoms with Crippen LogP contribution in [-0.2, 0) is 28.5 Å². The van der Waals surface area contributed by atoms with E-state index < -0.39 is 23.9 Å². The van der Waals surface area contributed by atoms with Gasteiger partial charge in [-0.3, -0.25) is 4.98 Å². The summed E-state index contributed by atoms with van der Waals surface area (Å²) in [7, 11) is 0. The van der Waals surface area contributed by atoms with Gasteiger partial charge in [0.2, 0.25) is 0 Å². The number of thiophene rings is 1. The molecule has 5 nitrogen and oxygen atoms in total. The predicted molar refractivity (Wildman–Crippen MR) is 111 cm³/mol. The van der Waals surface area contributed by atoms with Crippen molar-refractivity contribution in [1.29, 1.82) is 0 Å². The first-order chi connectivity index (χ1) is 14.7. The van der Waals surface area contributed by atoms with Crippen molar-refractivity contribution in [1.82, 2.24) is 9.97 Å². The van der Waals surface area contributed by atoms with Gasteiger partial charge in [-0.05, 0) is 51.2 Å². The van der Waals surface area contributed by atoms with Crippen molar-refractivity contribution in [2.45, 2.75) is 51.8 Å². The molecule has 9 heteroatoms. The van der Waals surface area contributed by atoms with Gasteiger partial charge < -0.3 is 9.84 Å². The second-order valence-corrected chi connectivity index (χ2v) is 8.56. The number of aromatic nitrogens is 2. The molecule has 0 bridgehead atoms. The number of ether oxygens (including phenoxy) is 1. The van der Waals surface area contributed by atoms with Crippen molar-refractivity contribution in [3.63, 3.8) is 0 Å². The number of aliphatic carboxylic acids is 1. The molecule has 0 saturated heterocycles. The van der Waals surface area contributed by atoms with Crippen LogP contribution in [0.2, 0.25) is 0 Å². The fraction of sp³-hybridized carbons (Fsp3) is 0.409. The molecule has 0 amide bonds. The Morgan fingerprint density at radius 2 is 2.03 bits per heavy atom. The Bertz CT molecular complexity index is 1140. The number of rotatable bonds is 5. The zero-order valence-electron chi connectivity index (χ0n) is 17.0. The molecule has 1 aliphatic rings. The minimum absolute atomic E-state index is 0.168. The molecule has 1 aliphatic carbocycles. The second kappa shape index (κ2) is 8.20. The van der Waals surface area contributed by atoms with Gasteiger partial charge in [0, 0.05) is 45.5 Å². The topological polar surface area (TPSA) is 72.3 Å². The molecule has 0 aliphatic heterocycles. The number of carbonyl (C=O) groups is 1. The number of hydrogen-bond donors (Lipinski definition) is 1. The van der Waals surface area contributed by atoms with Gasteiger partial charge in [0.25, 0.3) is 0 Å². The first-order valence-corrected chi connectivity index (χ1v) is 10.9. The Morgan fingerprint density at radius 3 is 2.65 bits per heavy atom. The normalized spacial score (nSPS) is 15.1. The van der Waals surface area contributed by atoms with Crippen molar-refractivity contribution < 1.29 is 27.8 Å². The highest BCUT2D eigenvalue weighted by atomic mass is 32.1. The summed E-state index contributed by atoms with van der Waals surface area (Å²) in [5.74, 6) is -1.17. The third-order valence-electron chi connectivity index (χ3n) is 5.49. The molecule has 0 fully saturated rings. The van der Waals surface area contributed by atoms with Crippen LogP contribution in [0.1, 0.15) is 53.3 Å². The highest BCUT2D eigenvalue weighted by Gasteiger charge is 2.34. The number of aryl methyl sites for hydroxylation is 3. The van der Waals surface area contributed by atoms with Gasteiger partial charge in [-0.2, -0.15) is 13.2 Å². The van der Waals surface area contributed by atoms with Crippen LogP contribution in [0.25, 0.3) is 21.3 Å². The lowest BCUT2D eigenvalue weighted by Gasteiger charge is -2.21. The number of pyridine rings is 2. The summed E-state index contributed by atoms with van der Waals surface area (Å²) < 4.78 is 44.7. The summed E-state index contributed by atoms with van der Waals surface area (Å²) in [5, 5.41) is 10.7. The number of fused-ring (bicyclic) bond motifs is 3. The summed E-state index contributed by atoms with van der Waals surface area (Å²) in [6.45, 7) is 3.58. The number of alkyl halides is 3. The minimum Gasteiger partial charge on any atom is -0.479 e. The molecule has 1 atom stereocenters. The van der Waals surface area contributed by atoms with Gasteiger partial charge >= 0.3 is 12.1 Å². The number of carboxylic acids is 1. The van der Waals surface area contributed by atoms with Gasteiger partial charge in [0.05, 0.1) is 0 Å². The SMILES string of the molecule is CCOC(C(=O)O)c1c(C)nc2sc3c(c2c1-c1ccc(C(F)(F)F)nc1)CCCC3. The van der Waals surface area contributed by atoms with E-state index in [1.54, 1.807) is 25.2 Å². The lowest BCUT2D eigenvalue weighted by molar-refractivity contribution is -0.150. The molecule has 1 unspecified atom stereocenters. The highest BCUT2D eigenvalue weighted by molar-refractivity contribution is 7.19. The Kier molecular flexibility index (Phi) is 5.74. The Morgan fingerprint density at radius 1 is 1.29 bits per heavy atom. The second-order valence-electron chi connectivity index (χ2n) is 7.48. The molecular formula is C22H21F3N2O3S. The minimum atomic E-state index is -4.55. The van der Waals surface area contributed by atoms with Gasteiger partial charge in [0.15, 0.2) is 6.10 Å². The van der Waals surface area contributed by atoms with Gasteiger partial charge in [-0.15, -0.1) is 11.3 Å². The van der Waals surface area contributed by atoms with E-state index in [2.05, 4.69) is 9.97 Å². The van der Waals surface area contributed by atoms with Gasteiger partial charge in [0.1, 0.15) is 10.5 Å². The lowest BCUT2D eigenvalue weighted by atomic mass is 9.88. The van der Waals surface area contributed by atoms with Crippen LogP contribution in [0.4, 0.5) is 13.2 Å². The molecule has 0 saturated carbocycles. The van der Waals surface area contributed by atoms with Crippen molar-refractivity contribution in [3.05, 3.63) is 45.7 Å². The number of halogens is 3. The van der Waals surface area contributed by atoms with Crippen LogP contribution in [0.5, 0.6) is 0 Å². The van der Waals surface area contributed by atoms with Crippen LogP contribution in [0, 0.1) is 6.92 Å². The molecule has 1 N–H and O–H groups in total. The summed E-state index contributed by atoms with van der Waals surface area (Å²) in [5.41, 5.74) is 1.96. The monoisotopic (exact) mass is 450 g/mol. The first kappa shape index (κ1) is 21.7. The molecule has 0 aromatic carbocycles. The number of hydrogen-bond acceptors (Lipinski definition) is 5. The standard InChI is InChI=1S/C22H21F3N2O3S/c1-3-30-19(21(28)29)16-11(2)27-20-18(13-6-4-5-7-14(13)31-20)17(16)12-8-9-15(26-10-12)22(23,24)25/h8-10,19H,3-7H2,1-2H3,(H,28,29). The molecule has 164 valence electrons. The van der Waals surface area contributed by atoms with E-state index in [9.17, 15) is 23.1 Å². The van der Waals surface area contributed by atoms with Crippen LogP contribution in [0.3, 0.4) is 0 Å². The average molecular weight is 450 g/mol. The van der Waals surface area contributed by atoms with Crippen molar-refractivity contribution >= 4 is 27.5 Å². The van der Waals surface area contributed by atoms with Crippen molar-refractivity contribution in [2.75, 3.05) is 6.61 Å². The molecule has 0 spiro atoms. The Hall–Kier alpha value is -2.52. The zero-order chi connectivity index (χ0) is 22.3. The molecule has 3 aromatic heterocycles. The van der Waals surface area contributed by atoms with Crippen LogP contribution < -0.4 is 0 Å². The van der Waals surface area contributed by atoms with Crippen LogP contribution in [-0.4, -0.2) is 27.7 Å². The third kappa shape index (κ3) is 3.92. The fourth-order valence-corrected chi connectivity index (χ4v) is 5.51. The highest BCUT2D eigenvalue weighted by Crippen LogP contribution is 2.45. The van der Waals surface area contributed by atoms with E-state index in [1.165, 1.54) is 10.9 Å². The molecule has 0 radical (unpaired) electrons. The van der Waals surface area contributed by atoms with E-state index in [1.807, 2.05) is 0 Å². The molecule has 3 heterocycles. The van der Waals surface area contributed by atoms with E-state index >= 15 is 0 Å². The smallest absolute Gasteiger partial charge is 0.433 e. The summed E-state index contributed by atoms with van der Waals surface area (Å²) in [4.78, 5) is 22.3. The maximum Gasteiger partial charge on any atom is 0.433 e. The summed E-state index contributed by atoms with van der Waals surface area (Å²) >= 11 is 1.57. The zero-order valence-corrected chi connectivity index (χ0v) is 17.9. The molecule has 3 aromatic rings. The maximum absolute atomic E-state index is 13.1. The van der Waals surface area contributed by atoms with Crippen LogP contribution in [0.15, 0.2) is 18.3 Å². The first-order valence-electron chi connectivity index (χ1n) is 10.0. The van der Waals surface area contributed by atoms with Crippen LogP contribution >= 0.6 is 11.3 Å². The maximum atomic E-state index is 13.1. The average Bonchev–Trinajstić information content (AvgIpc) is 3.08. The lowest BCUT2D eigenvalue weighted by Crippen LogP contribution is -2.18. The van der Waals surface area contributed by atoms with E-state index in [0.29, 0.717) is 22.4 Å². The Balaban J connectivity index is 2.05. The third-order valence-corrected chi connectivity index (χ3v) is 6.68. The van der Waals surface area contributed by atoms with Crippen molar-refractivity contribution in [3.8, 4) is 11.1 Å². The van der Waals surface area contributed by atoms with E-state index in [-0.39, 0.29) is 6.61 Å². The predicted octanol–water partition coefficient (Wildman–Crippen LogP) is 5.73. The molecule has 4 rings (SSSR count). The van der Waals surface area contributed by atoms with Crippen molar-refractivity contribution in [2.24, 2.45) is 0 Å². The molecular weight excluding hydrogens is 429 g/mol. The largest absolute Gasteiger partial charge is 0.479 e. The summed E-state index contributed by atoms with van der Waals surface area (Å²) in [6, 6.07) is 2.28. The van der Waals surface area contributed by atoms with E-state index in [4.69, 9.17) is 4.74 Å². The summed E-state index contributed by atoms with van der Waals surface area (Å²) in [6.07, 6.45) is -0.853. The quantitative estimate of drug-likeness (QED) is 0.538. The van der Waals surface area contributed by atoms with E-state index in [0.717, 1.165) is 53.7 Å². The number of nitrogens with zero attached hydrogens (tertiary/aromatic N) is 2. The van der Waals surface area contributed by atoms with Gasteiger partial charge in [-0.1, -0.05) is 6.07 Å².